The van der Waals surface area contributed by atoms with Gasteiger partial charge in [0.15, 0.2) is 23.3 Å². The van der Waals surface area contributed by atoms with Crippen LogP contribution in [0.3, 0.4) is 0 Å². The fourth-order valence-electron chi connectivity index (χ4n) is 4.16. The monoisotopic (exact) mass is 506 g/mol. The Morgan fingerprint density at radius 2 is 1.67 bits per heavy atom. The van der Waals surface area contributed by atoms with E-state index in [1.807, 2.05) is 0 Å². The second kappa shape index (κ2) is 9.39. The maximum Gasteiger partial charge on any atom is 0.194 e. The number of nitrogens with zero attached hydrogens (tertiary/aromatic N) is 6. The van der Waals surface area contributed by atoms with E-state index < -0.39 is 60.3 Å². The molecule has 188 valence electrons. The Kier molecular flexibility index (Phi) is 6.26. The molecule has 2 aromatic carbocycles. The van der Waals surface area contributed by atoms with Crippen molar-refractivity contribution in [1.29, 1.82) is 0 Å². The Hall–Kier alpha value is -3.72. The van der Waals surface area contributed by atoms with Gasteiger partial charge in [-0.2, -0.15) is 0 Å². The summed E-state index contributed by atoms with van der Waals surface area (Å²) in [6.07, 6.45) is -3.24. The molecule has 3 N–H and O–H groups in total. The Morgan fingerprint density at radius 1 is 0.944 bits per heavy atom. The molecular formula is C22H18F4N6O4. The quantitative estimate of drug-likeness (QED) is 0.274. The van der Waals surface area contributed by atoms with Crippen LogP contribution in [-0.4, -0.2) is 70.0 Å². The highest BCUT2D eigenvalue weighted by atomic mass is 19.2. The van der Waals surface area contributed by atoms with Gasteiger partial charge in [-0.1, -0.05) is 17.3 Å². The van der Waals surface area contributed by atoms with Crippen LogP contribution in [0.5, 0.6) is 0 Å². The molecule has 5 atom stereocenters. The molecule has 2 aromatic heterocycles. The van der Waals surface area contributed by atoms with Gasteiger partial charge in [0.25, 0.3) is 0 Å². The smallest absolute Gasteiger partial charge is 0.194 e. The molecule has 36 heavy (non-hydrogen) atoms. The maximum atomic E-state index is 14.4. The van der Waals surface area contributed by atoms with Gasteiger partial charge in [-0.3, -0.25) is 4.57 Å². The Bertz CT molecular complexity index is 1380. The van der Waals surface area contributed by atoms with Crippen molar-refractivity contribution >= 4 is 0 Å². The lowest BCUT2D eigenvalue weighted by atomic mass is 9.92. The third-order valence-electron chi connectivity index (χ3n) is 5.93. The molecule has 0 bridgehead atoms. The molecule has 0 aliphatic carbocycles. The molecule has 1 aliphatic heterocycles. The highest BCUT2D eigenvalue weighted by Gasteiger charge is 2.48. The minimum atomic E-state index is -1.64. The number of para-hydroxylation sites is 1. The van der Waals surface area contributed by atoms with Crippen LogP contribution < -0.4 is 0 Å². The summed E-state index contributed by atoms with van der Waals surface area (Å²) in [4.78, 5) is 0. The lowest BCUT2D eigenvalue weighted by molar-refractivity contribution is -0.210. The van der Waals surface area contributed by atoms with Gasteiger partial charge >= 0.3 is 0 Å². The number of aromatic nitrogens is 6. The Morgan fingerprint density at radius 3 is 2.36 bits per heavy atom. The van der Waals surface area contributed by atoms with Gasteiger partial charge in [0.1, 0.15) is 48.3 Å². The first-order valence-corrected chi connectivity index (χ1v) is 10.6. The van der Waals surface area contributed by atoms with Crippen LogP contribution in [0.25, 0.3) is 16.9 Å². The zero-order chi connectivity index (χ0) is 25.6. The zero-order valence-corrected chi connectivity index (χ0v) is 18.2. The van der Waals surface area contributed by atoms with Crippen LogP contribution >= 0.6 is 0 Å². The molecule has 1 aliphatic rings. The molecule has 10 nitrogen and oxygen atoms in total. The normalized spacial score (nSPS) is 24.2. The zero-order valence-electron chi connectivity index (χ0n) is 18.2. The minimum Gasteiger partial charge on any atom is -0.394 e. The minimum absolute atomic E-state index is 0.0223. The fourth-order valence-corrected chi connectivity index (χ4v) is 4.16. The standard InChI is InChI=1S/C22H18F4N6O4/c23-11-3-1-2-4-15(11)31-9-27-29-22(31)21-20(35)18(19(34)16(8-33)36-21)32-7-14(28-30-32)10-5-12(24)17(26)13(25)6-10/h1-7,9,16,18-21,33-35H,8H2/t16-,18?,19+,20-,21-/m1/s1. The van der Waals surface area contributed by atoms with E-state index >= 15 is 0 Å². The van der Waals surface area contributed by atoms with Gasteiger partial charge in [-0.25, -0.2) is 22.2 Å². The van der Waals surface area contributed by atoms with Crippen molar-refractivity contribution in [2.24, 2.45) is 0 Å². The third-order valence-corrected chi connectivity index (χ3v) is 5.93. The maximum absolute atomic E-state index is 14.4. The fraction of sp³-hybridized carbons (Fsp3) is 0.273. The van der Waals surface area contributed by atoms with Crippen LogP contribution in [0.4, 0.5) is 17.6 Å². The summed E-state index contributed by atoms with van der Waals surface area (Å²) in [5.41, 5.74) is -0.145. The summed E-state index contributed by atoms with van der Waals surface area (Å²) in [6.45, 7) is -0.662. The molecule has 14 heteroatoms. The lowest BCUT2D eigenvalue weighted by Crippen LogP contribution is -2.53. The largest absolute Gasteiger partial charge is 0.394 e. The van der Waals surface area contributed by atoms with E-state index in [4.69, 9.17) is 4.74 Å². The first-order valence-electron chi connectivity index (χ1n) is 10.6. The molecule has 1 saturated heterocycles. The summed E-state index contributed by atoms with van der Waals surface area (Å²) in [5, 5.41) is 47.1. The van der Waals surface area contributed by atoms with Crippen molar-refractivity contribution in [3.63, 3.8) is 0 Å². The van der Waals surface area contributed by atoms with Crippen LogP contribution in [-0.2, 0) is 4.74 Å². The molecule has 5 rings (SSSR count). The van der Waals surface area contributed by atoms with Crippen molar-refractivity contribution in [2.75, 3.05) is 6.61 Å². The van der Waals surface area contributed by atoms with E-state index in [2.05, 4.69) is 20.5 Å². The summed E-state index contributed by atoms with van der Waals surface area (Å²) in [7, 11) is 0. The molecule has 3 heterocycles. The highest BCUT2D eigenvalue weighted by molar-refractivity contribution is 5.58. The predicted octanol–water partition coefficient (Wildman–Crippen LogP) is 1.48. The van der Waals surface area contributed by atoms with E-state index in [9.17, 15) is 32.9 Å². The number of aliphatic hydroxyl groups excluding tert-OH is 3. The van der Waals surface area contributed by atoms with Crippen molar-refractivity contribution < 1.29 is 37.6 Å². The van der Waals surface area contributed by atoms with Crippen molar-refractivity contribution in [1.82, 2.24) is 29.8 Å². The average Bonchev–Trinajstić information content (AvgIpc) is 3.53. The molecule has 0 radical (unpaired) electrons. The van der Waals surface area contributed by atoms with Crippen molar-refractivity contribution in [3.8, 4) is 16.9 Å². The number of halogens is 4. The highest BCUT2D eigenvalue weighted by Crippen LogP contribution is 2.38. The number of hydrogen-bond donors (Lipinski definition) is 3. The average molecular weight is 506 g/mol. The van der Waals surface area contributed by atoms with Crippen LogP contribution in [0.1, 0.15) is 18.0 Å². The van der Waals surface area contributed by atoms with E-state index in [0.29, 0.717) is 0 Å². The number of aliphatic hydroxyl groups is 3. The van der Waals surface area contributed by atoms with Crippen LogP contribution in [0.15, 0.2) is 48.9 Å². The lowest BCUT2D eigenvalue weighted by Gasteiger charge is -2.41. The Labute approximate surface area is 200 Å². The first-order chi connectivity index (χ1) is 17.3. The first kappa shape index (κ1) is 24.0. The Balaban J connectivity index is 1.52. The number of benzene rings is 2. The number of ether oxygens (including phenoxy) is 1. The molecule has 0 spiro atoms. The molecule has 4 aromatic rings. The molecule has 0 amide bonds. The molecule has 1 unspecified atom stereocenters. The predicted molar refractivity (Wildman–Crippen MR) is 112 cm³/mol. The number of rotatable bonds is 5. The van der Waals surface area contributed by atoms with E-state index in [0.717, 1.165) is 16.8 Å². The second-order valence-corrected chi connectivity index (χ2v) is 8.10. The van der Waals surface area contributed by atoms with Crippen molar-refractivity contribution in [2.45, 2.75) is 30.5 Å². The third kappa shape index (κ3) is 4.03. The van der Waals surface area contributed by atoms with Gasteiger partial charge in [0, 0.05) is 5.56 Å². The van der Waals surface area contributed by atoms with Gasteiger partial charge in [-0.15, -0.1) is 15.3 Å². The van der Waals surface area contributed by atoms with Crippen LogP contribution in [0, 0.1) is 23.3 Å². The van der Waals surface area contributed by atoms with Gasteiger partial charge in [0.05, 0.1) is 18.5 Å². The SMILES string of the molecule is OC[C@H]1O[C@@H](c2nncn2-c2ccccc2F)[C@H](O)C(n2cc(-c3cc(F)c(F)c(F)c3)nn2)[C@H]1O. The molecule has 1 fully saturated rings. The molecular weight excluding hydrogens is 488 g/mol. The van der Waals surface area contributed by atoms with Gasteiger partial charge < -0.3 is 20.1 Å². The summed E-state index contributed by atoms with van der Waals surface area (Å²) in [5.74, 6) is -5.13. The summed E-state index contributed by atoms with van der Waals surface area (Å²) >= 11 is 0. The number of hydrogen-bond acceptors (Lipinski definition) is 8. The van der Waals surface area contributed by atoms with E-state index in [1.54, 1.807) is 6.07 Å². The van der Waals surface area contributed by atoms with E-state index in [1.165, 1.54) is 35.3 Å². The molecule has 0 saturated carbocycles. The van der Waals surface area contributed by atoms with Gasteiger partial charge in [0.2, 0.25) is 0 Å². The van der Waals surface area contributed by atoms with Crippen LogP contribution in [0.2, 0.25) is 0 Å². The van der Waals surface area contributed by atoms with Crippen molar-refractivity contribution in [3.05, 3.63) is 78.0 Å². The summed E-state index contributed by atoms with van der Waals surface area (Å²) < 4.78 is 63.1. The topological polar surface area (TPSA) is 131 Å². The summed E-state index contributed by atoms with van der Waals surface area (Å²) in [6, 6.07) is 5.91. The second-order valence-electron chi connectivity index (χ2n) is 8.10. The van der Waals surface area contributed by atoms with E-state index in [-0.39, 0.29) is 22.8 Å². The van der Waals surface area contributed by atoms with Gasteiger partial charge in [-0.05, 0) is 24.3 Å².